The van der Waals surface area contributed by atoms with Gasteiger partial charge in [0.05, 0.1) is 5.92 Å². The highest BCUT2D eigenvalue weighted by Gasteiger charge is 2.49. The van der Waals surface area contributed by atoms with Crippen molar-refractivity contribution in [2.75, 3.05) is 25.0 Å². The molecule has 1 heterocycles. The maximum absolute atomic E-state index is 14.8. The summed E-state index contributed by atoms with van der Waals surface area (Å²) in [5.74, 6) is -0.592. The van der Waals surface area contributed by atoms with Crippen LogP contribution >= 0.6 is 0 Å². The molecule has 3 atom stereocenters. The van der Waals surface area contributed by atoms with Crippen molar-refractivity contribution < 1.29 is 14.0 Å². The molecule has 0 spiro atoms. The van der Waals surface area contributed by atoms with Crippen LogP contribution in [-0.4, -0.2) is 36.2 Å². The van der Waals surface area contributed by atoms with E-state index in [1.807, 2.05) is 62.4 Å². The standard InChI is InChI=1S/C32H36FN3O2/c1-3-34-29-19-24(33)18-28-26(29)14-15-30(37)32(28,2)36-17-16-25(23-12-8-5-9-13-23)27(21-36)31(38)35-20-22-10-6-4-7-11-22/h4-13,18-19,25,27,34H,3,14-17,20-21H2,1-2H3,(H,35,38)/t25-,27-,32-/m0/s1. The van der Waals surface area contributed by atoms with Crippen LogP contribution in [0.1, 0.15) is 54.9 Å². The number of anilines is 1. The summed E-state index contributed by atoms with van der Waals surface area (Å²) in [5.41, 5.74) is 3.68. The van der Waals surface area contributed by atoms with Gasteiger partial charge in [-0.1, -0.05) is 60.7 Å². The smallest absolute Gasteiger partial charge is 0.225 e. The van der Waals surface area contributed by atoms with Gasteiger partial charge in [0.25, 0.3) is 0 Å². The van der Waals surface area contributed by atoms with Crippen molar-refractivity contribution in [1.82, 2.24) is 10.2 Å². The molecular formula is C32H36FN3O2. The third kappa shape index (κ3) is 4.97. The Morgan fingerprint density at radius 3 is 2.47 bits per heavy atom. The number of piperidine rings is 1. The molecule has 5 rings (SSSR count). The van der Waals surface area contributed by atoms with Crippen molar-refractivity contribution in [3.8, 4) is 0 Å². The molecule has 1 amide bonds. The predicted molar refractivity (Wildman–Crippen MR) is 148 cm³/mol. The van der Waals surface area contributed by atoms with E-state index in [2.05, 4.69) is 27.7 Å². The number of fused-ring (bicyclic) bond motifs is 1. The average Bonchev–Trinajstić information content (AvgIpc) is 2.95. The number of nitrogens with one attached hydrogen (secondary N) is 2. The number of benzene rings is 3. The van der Waals surface area contributed by atoms with E-state index < -0.39 is 5.54 Å². The summed E-state index contributed by atoms with van der Waals surface area (Å²) in [4.78, 5) is 29.5. The first kappa shape index (κ1) is 26.1. The number of likely N-dealkylation sites (tertiary alicyclic amines) is 1. The van der Waals surface area contributed by atoms with Crippen LogP contribution < -0.4 is 10.6 Å². The number of carbonyl (C=O) groups is 2. The van der Waals surface area contributed by atoms with Crippen LogP contribution in [0.4, 0.5) is 10.1 Å². The summed E-state index contributed by atoms with van der Waals surface area (Å²) >= 11 is 0. The van der Waals surface area contributed by atoms with Crippen LogP contribution in [0.15, 0.2) is 72.8 Å². The third-order valence-electron chi connectivity index (χ3n) is 8.37. The molecule has 0 radical (unpaired) electrons. The van der Waals surface area contributed by atoms with Crippen molar-refractivity contribution in [2.45, 2.75) is 51.1 Å². The molecule has 0 saturated carbocycles. The van der Waals surface area contributed by atoms with Crippen LogP contribution in [0.25, 0.3) is 0 Å². The number of nitrogens with zero attached hydrogens (tertiary/aromatic N) is 1. The Morgan fingerprint density at radius 2 is 1.76 bits per heavy atom. The van der Waals surface area contributed by atoms with Gasteiger partial charge >= 0.3 is 0 Å². The highest BCUT2D eigenvalue weighted by Crippen LogP contribution is 2.45. The monoisotopic (exact) mass is 513 g/mol. The van der Waals surface area contributed by atoms with Crippen molar-refractivity contribution in [1.29, 1.82) is 0 Å². The number of hydrogen-bond acceptors (Lipinski definition) is 4. The van der Waals surface area contributed by atoms with Gasteiger partial charge in [-0.05, 0) is 67.0 Å². The molecule has 0 aromatic heterocycles. The molecule has 1 saturated heterocycles. The molecule has 2 aliphatic rings. The van der Waals surface area contributed by atoms with E-state index in [0.717, 1.165) is 34.4 Å². The molecule has 5 nitrogen and oxygen atoms in total. The Labute approximate surface area is 224 Å². The molecule has 0 unspecified atom stereocenters. The fourth-order valence-corrected chi connectivity index (χ4v) is 6.31. The first-order valence-electron chi connectivity index (χ1n) is 13.6. The van der Waals surface area contributed by atoms with Gasteiger partial charge < -0.3 is 10.6 Å². The Morgan fingerprint density at radius 1 is 1.05 bits per heavy atom. The molecule has 1 aliphatic carbocycles. The molecule has 6 heteroatoms. The lowest BCUT2D eigenvalue weighted by Crippen LogP contribution is -2.58. The lowest BCUT2D eigenvalue weighted by molar-refractivity contribution is -0.138. The van der Waals surface area contributed by atoms with E-state index in [9.17, 15) is 14.0 Å². The number of amides is 1. The summed E-state index contributed by atoms with van der Waals surface area (Å²) < 4.78 is 14.8. The van der Waals surface area contributed by atoms with Gasteiger partial charge in [0.15, 0.2) is 5.78 Å². The zero-order chi connectivity index (χ0) is 26.7. The molecule has 38 heavy (non-hydrogen) atoms. The van der Waals surface area contributed by atoms with Crippen LogP contribution in [0, 0.1) is 11.7 Å². The third-order valence-corrected chi connectivity index (χ3v) is 8.37. The summed E-state index contributed by atoms with van der Waals surface area (Å²) in [6.45, 7) is 6.11. The van der Waals surface area contributed by atoms with Crippen LogP contribution in [0.5, 0.6) is 0 Å². The van der Waals surface area contributed by atoms with E-state index >= 15 is 0 Å². The summed E-state index contributed by atoms with van der Waals surface area (Å²) in [6, 6.07) is 23.1. The van der Waals surface area contributed by atoms with Crippen LogP contribution in [0.3, 0.4) is 0 Å². The molecule has 0 bridgehead atoms. The number of Topliss-reactive ketones (excluding diaryl/α,β-unsaturated/α-hetero) is 1. The van der Waals surface area contributed by atoms with Crippen molar-refractivity contribution in [3.05, 3.63) is 101 Å². The summed E-state index contributed by atoms with van der Waals surface area (Å²) in [5, 5.41) is 6.44. The molecule has 1 aliphatic heterocycles. The van der Waals surface area contributed by atoms with Crippen LogP contribution in [-0.2, 0) is 28.1 Å². The van der Waals surface area contributed by atoms with Gasteiger partial charge in [-0.25, -0.2) is 4.39 Å². The number of hydrogen-bond donors (Lipinski definition) is 2. The lowest BCUT2D eigenvalue weighted by atomic mass is 9.72. The molecule has 198 valence electrons. The Kier molecular flexibility index (Phi) is 7.61. The number of rotatable bonds is 7. The van der Waals surface area contributed by atoms with Crippen molar-refractivity contribution in [2.24, 2.45) is 5.92 Å². The minimum atomic E-state index is -0.987. The lowest BCUT2D eigenvalue weighted by Gasteiger charge is -2.49. The summed E-state index contributed by atoms with van der Waals surface area (Å²) in [7, 11) is 0. The first-order chi connectivity index (χ1) is 18.4. The van der Waals surface area contributed by atoms with Crippen molar-refractivity contribution in [3.63, 3.8) is 0 Å². The van der Waals surface area contributed by atoms with E-state index in [-0.39, 0.29) is 29.3 Å². The average molecular weight is 514 g/mol. The van der Waals surface area contributed by atoms with Gasteiger partial charge in [-0.2, -0.15) is 0 Å². The minimum absolute atomic E-state index is 0.0212. The van der Waals surface area contributed by atoms with Gasteiger partial charge in [0, 0.05) is 38.3 Å². The summed E-state index contributed by atoms with van der Waals surface area (Å²) in [6.07, 6.45) is 1.73. The highest BCUT2D eigenvalue weighted by atomic mass is 19.1. The van der Waals surface area contributed by atoms with Crippen LogP contribution in [0.2, 0.25) is 0 Å². The largest absolute Gasteiger partial charge is 0.385 e. The molecule has 1 fully saturated rings. The zero-order valence-electron chi connectivity index (χ0n) is 22.2. The molecule has 2 N–H and O–H groups in total. The maximum atomic E-state index is 14.8. The van der Waals surface area contributed by atoms with E-state index in [1.165, 1.54) is 12.1 Å². The highest BCUT2D eigenvalue weighted by molar-refractivity contribution is 5.92. The second-order valence-corrected chi connectivity index (χ2v) is 10.6. The van der Waals surface area contributed by atoms with Gasteiger partial charge in [0.2, 0.25) is 5.91 Å². The Balaban J connectivity index is 1.48. The Hall–Kier alpha value is -3.51. The fourth-order valence-electron chi connectivity index (χ4n) is 6.31. The maximum Gasteiger partial charge on any atom is 0.225 e. The number of halogens is 1. The van der Waals surface area contributed by atoms with Gasteiger partial charge in [0.1, 0.15) is 11.4 Å². The minimum Gasteiger partial charge on any atom is -0.385 e. The topological polar surface area (TPSA) is 61.4 Å². The predicted octanol–water partition coefficient (Wildman–Crippen LogP) is 5.41. The molecule has 3 aromatic rings. The number of carbonyl (C=O) groups excluding carboxylic acids is 2. The normalized spacial score (nSPS) is 23.5. The van der Waals surface area contributed by atoms with E-state index in [1.54, 1.807) is 0 Å². The fraction of sp³-hybridized carbons (Fsp3) is 0.375. The molecule has 3 aromatic carbocycles. The first-order valence-corrected chi connectivity index (χ1v) is 13.6. The zero-order valence-corrected chi connectivity index (χ0v) is 22.2. The molecular weight excluding hydrogens is 477 g/mol. The second kappa shape index (κ2) is 11.1. The number of ketones is 1. The van der Waals surface area contributed by atoms with Gasteiger partial charge in [-0.15, -0.1) is 0 Å². The second-order valence-electron chi connectivity index (χ2n) is 10.6. The van der Waals surface area contributed by atoms with E-state index in [4.69, 9.17) is 0 Å². The van der Waals surface area contributed by atoms with E-state index in [0.29, 0.717) is 39.0 Å². The van der Waals surface area contributed by atoms with Gasteiger partial charge in [-0.3, -0.25) is 14.5 Å². The Bertz CT molecular complexity index is 1300. The SMILES string of the molecule is CCNc1cc(F)cc2c1CCC(=O)[C@@]2(C)N1CC[C@@H](c2ccccc2)[C@@H](C(=O)NCc2ccccc2)C1. The van der Waals surface area contributed by atoms with Crippen molar-refractivity contribution >= 4 is 17.4 Å². The quantitative estimate of drug-likeness (QED) is 0.444.